The molecule has 4 nitrogen and oxygen atoms in total. The van der Waals surface area contributed by atoms with E-state index in [0.717, 1.165) is 24.8 Å². The van der Waals surface area contributed by atoms with Crippen LogP contribution in [-0.2, 0) is 0 Å². The number of aryl methyl sites for hydroxylation is 1. The van der Waals surface area contributed by atoms with Crippen LogP contribution in [0, 0.1) is 12.8 Å². The van der Waals surface area contributed by atoms with Gasteiger partial charge in [-0.1, -0.05) is 26.2 Å². The molecule has 1 saturated carbocycles. The molecular formula is C14H24N4. The molecule has 0 radical (unpaired) electrons. The summed E-state index contributed by atoms with van der Waals surface area (Å²) in [6.45, 7) is 6.70. The molecule has 4 heteroatoms. The van der Waals surface area contributed by atoms with Gasteiger partial charge in [-0.05, 0) is 38.8 Å². The summed E-state index contributed by atoms with van der Waals surface area (Å²) in [5.74, 6) is 3.62. The minimum absolute atomic E-state index is 0.536. The second kappa shape index (κ2) is 5.00. The molecular weight excluding hydrogens is 224 g/mol. The predicted octanol–water partition coefficient (Wildman–Crippen LogP) is 2.41. The molecule has 0 spiro atoms. The minimum atomic E-state index is 0.536. The number of hydrogen-bond donors (Lipinski definition) is 1. The van der Waals surface area contributed by atoms with Crippen LogP contribution in [0.15, 0.2) is 0 Å². The van der Waals surface area contributed by atoms with Gasteiger partial charge in [0.2, 0.25) is 0 Å². The van der Waals surface area contributed by atoms with Crippen molar-refractivity contribution in [1.29, 1.82) is 0 Å². The Morgan fingerprint density at radius 3 is 2.50 bits per heavy atom. The normalized spacial score (nSPS) is 23.9. The lowest BCUT2D eigenvalue weighted by Crippen LogP contribution is -2.45. The topological polar surface area (TPSA) is 42.7 Å². The summed E-state index contributed by atoms with van der Waals surface area (Å²) < 4.78 is 2.45. The van der Waals surface area contributed by atoms with Gasteiger partial charge >= 0.3 is 0 Å². The van der Waals surface area contributed by atoms with Gasteiger partial charge in [0.05, 0.1) is 0 Å². The highest BCUT2D eigenvalue weighted by Gasteiger charge is 2.31. The van der Waals surface area contributed by atoms with Gasteiger partial charge in [-0.15, -0.1) is 10.2 Å². The van der Waals surface area contributed by atoms with E-state index >= 15 is 0 Å². The molecule has 2 heterocycles. The Labute approximate surface area is 109 Å². The maximum Gasteiger partial charge on any atom is 0.136 e. The largest absolute Gasteiger partial charge is 0.316 e. The van der Waals surface area contributed by atoms with E-state index in [0.29, 0.717) is 12.0 Å². The summed E-state index contributed by atoms with van der Waals surface area (Å²) >= 11 is 0. The predicted molar refractivity (Wildman–Crippen MR) is 71.7 cm³/mol. The van der Waals surface area contributed by atoms with Crippen LogP contribution in [-0.4, -0.2) is 27.9 Å². The first-order valence-corrected chi connectivity index (χ1v) is 7.39. The van der Waals surface area contributed by atoms with Gasteiger partial charge in [-0.25, -0.2) is 0 Å². The summed E-state index contributed by atoms with van der Waals surface area (Å²) in [5.41, 5.74) is 0. The molecule has 1 aromatic heterocycles. The molecule has 1 unspecified atom stereocenters. The lowest BCUT2D eigenvalue weighted by Gasteiger charge is -2.34. The van der Waals surface area contributed by atoms with E-state index in [-0.39, 0.29) is 0 Å². The van der Waals surface area contributed by atoms with Crippen molar-refractivity contribution in [1.82, 2.24) is 20.1 Å². The van der Waals surface area contributed by atoms with Crippen molar-refractivity contribution < 1.29 is 0 Å². The second-order valence-corrected chi connectivity index (χ2v) is 5.97. The van der Waals surface area contributed by atoms with Crippen molar-refractivity contribution in [2.75, 3.05) is 13.1 Å². The van der Waals surface area contributed by atoms with E-state index in [4.69, 9.17) is 0 Å². The quantitative estimate of drug-likeness (QED) is 0.893. The summed E-state index contributed by atoms with van der Waals surface area (Å²) in [4.78, 5) is 0. The van der Waals surface area contributed by atoms with Crippen molar-refractivity contribution in [2.45, 2.75) is 57.9 Å². The highest BCUT2D eigenvalue weighted by molar-refractivity contribution is 5.06. The zero-order valence-corrected chi connectivity index (χ0v) is 11.5. The summed E-state index contributed by atoms with van der Waals surface area (Å²) in [7, 11) is 0. The van der Waals surface area contributed by atoms with Crippen molar-refractivity contribution in [3.8, 4) is 0 Å². The fraction of sp³-hybridized carbons (Fsp3) is 0.857. The van der Waals surface area contributed by atoms with Crippen molar-refractivity contribution >= 4 is 0 Å². The van der Waals surface area contributed by atoms with Gasteiger partial charge in [0.1, 0.15) is 11.6 Å². The van der Waals surface area contributed by atoms with Crippen LogP contribution < -0.4 is 5.32 Å². The first-order chi connectivity index (χ1) is 8.77. The third kappa shape index (κ3) is 2.07. The number of nitrogens with zero attached hydrogens (tertiary/aromatic N) is 3. The molecule has 1 N–H and O–H groups in total. The van der Waals surface area contributed by atoms with Crippen LogP contribution in [0.4, 0.5) is 0 Å². The van der Waals surface area contributed by atoms with Gasteiger partial charge in [0.15, 0.2) is 0 Å². The van der Waals surface area contributed by atoms with E-state index < -0.39 is 0 Å². The molecule has 1 saturated heterocycles. The van der Waals surface area contributed by atoms with Crippen LogP contribution in [0.5, 0.6) is 0 Å². The monoisotopic (exact) mass is 248 g/mol. The second-order valence-electron chi connectivity index (χ2n) is 5.97. The van der Waals surface area contributed by atoms with Crippen LogP contribution in [0.3, 0.4) is 0 Å². The fourth-order valence-corrected chi connectivity index (χ4v) is 3.36. The van der Waals surface area contributed by atoms with Crippen LogP contribution in [0.2, 0.25) is 0 Å². The smallest absolute Gasteiger partial charge is 0.136 e. The van der Waals surface area contributed by atoms with Gasteiger partial charge in [-0.3, -0.25) is 0 Å². The van der Waals surface area contributed by atoms with E-state index in [1.807, 2.05) is 0 Å². The molecule has 3 rings (SSSR count). The highest BCUT2D eigenvalue weighted by Crippen LogP contribution is 2.34. The third-order valence-corrected chi connectivity index (χ3v) is 4.76. The van der Waals surface area contributed by atoms with Crippen molar-refractivity contribution in [3.05, 3.63) is 11.6 Å². The Morgan fingerprint density at radius 2 is 1.89 bits per heavy atom. The molecule has 1 aromatic rings. The Morgan fingerprint density at radius 1 is 1.17 bits per heavy atom. The first kappa shape index (κ1) is 12.2. The maximum atomic E-state index is 4.48. The van der Waals surface area contributed by atoms with Gasteiger partial charge in [0, 0.05) is 12.0 Å². The van der Waals surface area contributed by atoms with E-state index in [2.05, 4.69) is 33.9 Å². The SMILES string of the molecule is Cc1nnc(C(C)C2CNC2)n1C1CCCCC1. The Kier molecular flexibility index (Phi) is 3.37. The highest BCUT2D eigenvalue weighted by atomic mass is 15.3. The molecule has 2 fully saturated rings. The van der Waals surface area contributed by atoms with Gasteiger partial charge < -0.3 is 9.88 Å². The van der Waals surface area contributed by atoms with Gasteiger partial charge in [0.25, 0.3) is 0 Å². The average molecular weight is 248 g/mol. The van der Waals surface area contributed by atoms with Crippen molar-refractivity contribution in [2.24, 2.45) is 5.92 Å². The van der Waals surface area contributed by atoms with Gasteiger partial charge in [-0.2, -0.15) is 0 Å². The van der Waals surface area contributed by atoms with Crippen LogP contribution in [0.1, 0.15) is 62.6 Å². The molecule has 1 aliphatic carbocycles. The van der Waals surface area contributed by atoms with Crippen molar-refractivity contribution in [3.63, 3.8) is 0 Å². The third-order valence-electron chi connectivity index (χ3n) is 4.76. The Hall–Kier alpha value is -0.900. The standard InChI is InChI=1S/C14H24N4/c1-10(12-8-15-9-12)14-17-16-11(2)18(14)13-6-4-3-5-7-13/h10,12-13,15H,3-9H2,1-2H3. The molecule has 0 bridgehead atoms. The molecule has 0 aromatic carbocycles. The molecule has 100 valence electrons. The molecule has 2 aliphatic rings. The molecule has 18 heavy (non-hydrogen) atoms. The average Bonchev–Trinajstić information content (AvgIpc) is 2.70. The summed E-state index contributed by atoms with van der Waals surface area (Å²) in [5, 5.41) is 12.2. The summed E-state index contributed by atoms with van der Waals surface area (Å²) in [6, 6.07) is 0.652. The van der Waals surface area contributed by atoms with E-state index in [9.17, 15) is 0 Å². The fourth-order valence-electron chi connectivity index (χ4n) is 3.36. The number of aromatic nitrogens is 3. The molecule has 0 amide bonds. The van der Waals surface area contributed by atoms with E-state index in [1.165, 1.54) is 37.9 Å². The lowest BCUT2D eigenvalue weighted by atomic mass is 9.87. The maximum absolute atomic E-state index is 4.48. The zero-order chi connectivity index (χ0) is 12.5. The zero-order valence-electron chi connectivity index (χ0n) is 11.5. The van der Waals surface area contributed by atoms with Crippen LogP contribution in [0.25, 0.3) is 0 Å². The lowest BCUT2D eigenvalue weighted by molar-refractivity contribution is 0.275. The summed E-state index contributed by atoms with van der Waals surface area (Å²) in [6.07, 6.45) is 6.74. The first-order valence-electron chi connectivity index (χ1n) is 7.39. The Bertz CT molecular complexity index is 402. The minimum Gasteiger partial charge on any atom is -0.316 e. The molecule has 1 aliphatic heterocycles. The van der Waals surface area contributed by atoms with Crippen LogP contribution >= 0.6 is 0 Å². The number of rotatable bonds is 3. The number of hydrogen-bond acceptors (Lipinski definition) is 3. The van der Waals surface area contributed by atoms with E-state index in [1.54, 1.807) is 0 Å². The molecule has 1 atom stereocenters. The number of nitrogens with one attached hydrogen (secondary N) is 1. The Balaban J connectivity index is 1.85.